The zero-order chi connectivity index (χ0) is 22.6. The fourth-order valence-corrected chi connectivity index (χ4v) is 9.08. The summed E-state index contributed by atoms with van der Waals surface area (Å²) in [6.45, 7) is 6.53. The van der Waals surface area contributed by atoms with Gasteiger partial charge in [-0.3, -0.25) is 4.79 Å². The number of hydrogen-bond donors (Lipinski definition) is 1. The molecule has 0 aromatic heterocycles. The van der Waals surface area contributed by atoms with E-state index in [2.05, 4.69) is 44.2 Å². The summed E-state index contributed by atoms with van der Waals surface area (Å²) in [5.41, 5.74) is 1.26. The maximum absolute atomic E-state index is 12.0. The molecule has 176 valence electrons. The molecule has 0 heterocycles. The van der Waals surface area contributed by atoms with Crippen molar-refractivity contribution in [2.24, 2.45) is 34.5 Å². The Kier molecular flexibility index (Phi) is 5.72. The number of benzene rings is 1. The summed E-state index contributed by atoms with van der Waals surface area (Å²) >= 11 is 0. The second-order valence-electron chi connectivity index (χ2n) is 12.2. The molecule has 0 bridgehead atoms. The summed E-state index contributed by atoms with van der Waals surface area (Å²) in [5, 5.41) is 12.0. The van der Waals surface area contributed by atoms with Gasteiger partial charge in [0.25, 0.3) is 0 Å². The maximum atomic E-state index is 12.0. The zero-order valence-corrected chi connectivity index (χ0v) is 20.3. The van der Waals surface area contributed by atoms with Gasteiger partial charge in [0.15, 0.2) is 0 Å². The van der Waals surface area contributed by atoms with Crippen LogP contribution in [-0.4, -0.2) is 22.8 Å². The fraction of sp³-hybridized carbons (Fsp3) is 0.759. The molecule has 0 saturated heterocycles. The largest absolute Gasteiger partial charge is 0.463 e. The molecular formula is C29H42O3. The lowest BCUT2D eigenvalue weighted by atomic mass is 9.44. The van der Waals surface area contributed by atoms with Gasteiger partial charge in [0.1, 0.15) is 6.10 Å². The standard InChI is InChI=1S/C29H42O3/c1-20(30)32-23-12-15-27(2)22(19-23)9-10-24-25(27)13-16-28(3)26(24)14-18-29(28,31)17-11-21-7-5-4-6-8-21/h4-8,22-26,31H,9-19H2,1-3H3/t22-,23-,24-,25+,26+,27+,28+,29-/m1/s1. The predicted molar refractivity (Wildman–Crippen MR) is 127 cm³/mol. The van der Waals surface area contributed by atoms with Crippen LogP contribution in [0.25, 0.3) is 0 Å². The van der Waals surface area contributed by atoms with E-state index in [1.807, 2.05) is 0 Å². The van der Waals surface area contributed by atoms with E-state index in [9.17, 15) is 9.90 Å². The molecule has 5 rings (SSSR count). The van der Waals surface area contributed by atoms with Crippen molar-refractivity contribution >= 4 is 5.97 Å². The van der Waals surface area contributed by atoms with Crippen molar-refractivity contribution in [3.63, 3.8) is 0 Å². The van der Waals surface area contributed by atoms with Crippen LogP contribution in [-0.2, 0) is 16.0 Å². The van der Waals surface area contributed by atoms with Crippen molar-refractivity contribution in [3.05, 3.63) is 35.9 Å². The van der Waals surface area contributed by atoms with Crippen LogP contribution in [0, 0.1) is 34.5 Å². The summed E-state index contributed by atoms with van der Waals surface area (Å²) < 4.78 is 5.63. The second kappa shape index (κ2) is 8.15. The van der Waals surface area contributed by atoms with Crippen molar-refractivity contribution in [1.29, 1.82) is 0 Å². The molecule has 3 heteroatoms. The number of fused-ring (bicyclic) bond motifs is 5. The quantitative estimate of drug-likeness (QED) is 0.559. The van der Waals surface area contributed by atoms with Crippen LogP contribution in [0.2, 0.25) is 0 Å². The molecule has 1 aromatic carbocycles. The van der Waals surface area contributed by atoms with Crippen molar-refractivity contribution in [3.8, 4) is 0 Å². The van der Waals surface area contributed by atoms with Crippen molar-refractivity contribution < 1.29 is 14.6 Å². The Balaban J connectivity index is 1.31. The molecule has 4 aliphatic rings. The normalized spacial score (nSPS) is 45.4. The SMILES string of the molecule is CC(=O)O[C@@H]1CC[C@@]2(C)[C@H](CC[C@@H]3[C@@H]2CC[C@@]2(C)[C@H]3CC[C@]2(O)CCc2ccccc2)C1. The Morgan fingerprint density at radius 2 is 1.75 bits per heavy atom. The number of esters is 1. The molecule has 32 heavy (non-hydrogen) atoms. The average molecular weight is 439 g/mol. The van der Waals surface area contributed by atoms with Crippen LogP contribution in [0.5, 0.6) is 0 Å². The van der Waals surface area contributed by atoms with Crippen molar-refractivity contribution in [2.45, 2.75) is 103 Å². The number of rotatable bonds is 4. The first-order valence-corrected chi connectivity index (χ1v) is 13.2. The Hall–Kier alpha value is -1.35. The number of ether oxygens (including phenoxy) is 1. The van der Waals surface area contributed by atoms with Crippen LogP contribution >= 0.6 is 0 Å². The second-order valence-corrected chi connectivity index (χ2v) is 12.2. The smallest absolute Gasteiger partial charge is 0.302 e. The van der Waals surface area contributed by atoms with Crippen LogP contribution in [0.15, 0.2) is 30.3 Å². The maximum Gasteiger partial charge on any atom is 0.302 e. The van der Waals surface area contributed by atoms with E-state index in [0.29, 0.717) is 17.3 Å². The van der Waals surface area contributed by atoms with E-state index < -0.39 is 5.60 Å². The lowest BCUT2D eigenvalue weighted by Gasteiger charge is -2.61. The van der Waals surface area contributed by atoms with E-state index in [4.69, 9.17) is 4.74 Å². The highest BCUT2D eigenvalue weighted by atomic mass is 16.5. The van der Waals surface area contributed by atoms with Crippen LogP contribution in [0.4, 0.5) is 0 Å². The molecule has 3 nitrogen and oxygen atoms in total. The highest BCUT2D eigenvalue weighted by molar-refractivity contribution is 5.66. The molecule has 0 amide bonds. The molecular weight excluding hydrogens is 396 g/mol. The van der Waals surface area contributed by atoms with E-state index in [0.717, 1.165) is 43.9 Å². The number of carbonyl (C=O) groups is 1. The summed E-state index contributed by atoms with van der Waals surface area (Å²) in [6, 6.07) is 10.7. The molecule has 4 saturated carbocycles. The Labute approximate surface area is 194 Å². The summed E-state index contributed by atoms with van der Waals surface area (Å²) in [5.74, 6) is 2.75. The lowest BCUT2D eigenvalue weighted by molar-refractivity contribution is -0.170. The van der Waals surface area contributed by atoms with E-state index in [1.54, 1.807) is 6.92 Å². The van der Waals surface area contributed by atoms with Crippen LogP contribution < -0.4 is 0 Å². The van der Waals surface area contributed by atoms with Gasteiger partial charge < -0.3 is 9.84 Å². The molecule has 0 aliphatic heterocycles. The van der Waals surface area contributed by atoms with Crippen molar-refractivity contribution in [2.75, 3.05) is 0 Å². The molecule has 4 fully saturated rings. The van der Waals surface area contributed by atoms with Crippen LogP contribution in [0.3, 0.4) is 0 Å². The van der Waals surface area contributed by atoms with Gasteiger partial charge in [-0.2, -0.15) is 0 Å². The number of aryl methyl sites for hydroxylation is 1. The van der Waals surface area contributed by atoms with Gasteiger partial charge in [-0.05, 0) is 111 Å². The minimum absolute atomic E-state index is 0.0566. The van der Waals surface area contributed by atoms with Crippen molar-refractivity contribution in [1.82, 2.24) is 0 Å². The average Bonchev–Trinajstić information content (AvgIpc) is 3.04. The monoisotopic (exact) mass is 438 g/mol. The first kappa shape index (κ1) is 22.4. The number of aliphatic hydroxyl groups is 1. The fourth-order valence-electron chi connectivity index (χ4n) is 9.08. The van der Waals surface area contributed by atoms with Gasteiger partial charge >= 0.3 is 5.97 Å². The van der Waals surface area contributed by atoms with Gasteiger partial charge in [-0.1, -0.05) is 44.2 Å². The highest BCUT2D eigenvalue weighted by Crippen LogP contribution is 2.68. The van der Waals surface area contributed by atoms with Gasteiger partial charge in [0.05, 0.1) is 5.60 Å². The molecule has 0 spiro atoms. The summed E-state index contributed by atoms with van der Waals surface area (Å²) in [4.78, 5) is 11.5. The lowest BCUT2D eigenvalue weighted by Crippen LogP contribution is -2.57. The van der Waals surface area contributed by atoms with Gasteiger partial charge in [0, 0.05) is 6.92 Å². The van der Waals surface area contributed by atoms with Gasteiger partial charge in [-0.15, -0.1) is 0 Å². The number of carbonyl (C=O) groups excluding carboxylic acids is 1. The third-order valence-electron chi connectivity index (χ3n) is 10.9. The minimum atomic E-state index is -0.525. The topological polar surface area (TPSA) is 46.5 Å². The van der Waals surface area contributed by atoms with Gasteiger partial charge in [-0.25, -0.2) is 0 Å². The third-order valence-corrected chi connectivity index (χ3v) is 10.9. The molecule has 0 unspecified atom stereocenters. The minimum Gasteiger partial charge on any atom is -0.463 e. The van der Waals surface area contributed by atoms with E-state index in [1.165, 1.54) is 44.1 Å². The first-order valence-electron chi connectivity index (χ1n) is 13.2. The highest BCUT2D eigenvalue weighted by Gasteiger charge is 2.64. The molecule has 4 aliphatic carbocycles. The number of hydrogen-bond acceptors (Lipinski definition) is 3. The summed E-state index contributed by atoms with van der Waals surface area (Å²) in [7, 11) is 0. The predicted octanol–water partition coefficient (Wildman–Crippen LogP) is 6.32. The molecule has 8 atom stereocenters. The Bertz CT molecular complexity index is 836. The van der Waals surface area contributed by atoms with Crippen LogP contribution in [0.1, 0.15) is 90.5 Å². The molecule has 1 N–H and O–H groups in total. The Morgan fingerprint density at radius 3 is 2.50 bits per heavy atom. The zero-order valence-electron chi connectivity index (χ0n) is 20.3. The Morgan fingerprint density at radius 1 is 1.00 bits per heavy atom. The molecule has 0 radical (unpaired) electrons. The summed E-state index contributed by atoms with van der Waals surface area (Å²) in [6.07, 6.45) is 12.4. The van der Waals surface area contributed by atoms with E-state index in [-0.39, 0.29) is 17.5 Å². The van der Waals surface area contributed by atoms with E-state index >= 15 is 0 Å². The molecule has 1 aromatic rings. The van der Waals surface area contributed by atoms with Gasteiger partial charge in [0.2, 0.25) is 0 Å². The third kappa shape index (κ3) is 3.54. The first-order chi connectivity index (χ1) is 15.3.